The Morgan fingerprint density at radius 3 is 2.48 bits per heavy atom. The van der Waals surface area contributed by atoms with E-state index in [2.05, 4.69) is 20.7 Å². The summed E-state index contributed by atoms with van der Waals surface area (Å²) in [7, 11) is -2.50. The normalized spacial score (nSPS) is 11.1. The van der Waals surface area contributed by atoms with Crippen molar-refractivity contribution in [2.75, 3.05) is 11.8 Å². The maximum atomic E-state index is 12.6. The van der Waals surface area contributed by atoms with E-state index >= 15 is 0 Å². The highest BCUT2D eigenvalue weighted by Gasteiger charge is 2.21. The lowest BCUT2D eigenvalue weighted by Crippen LogP contribution is -2.15. The van der Waals surface area contributed by atoms with E-state index in [0.717, 1.165) is 0 Å². The van der Waals surface area contributed by atoms with E-state index in [1.807, 2.05) is 0 Å². The zero-order valence-corrected chi connectivity index (χ0v) is 14.7. The van der Waals surface area contributed by atoms with Gasteiger partial charge in [-0.1, -0.05) is 15.9 Å². The maximum Gasteiger partial charge on any atom is 0.335 e. The van der Waals surface area contributed by atoms with E-state index < -0.39 is 16.0 Å². The van der Waals surface area contributed by atoms with E-state index in [-0.39, 0.29) is 16.2 Å². The van der Waals surface area contributed by atoms with Crippen LogP contribution in [0.25, 0.3) is 0 Å². The molecule has 0 heterocycles. The Morgan fingerprint density at radius 1 is 1.22 bits per heavy atom. The number of carboxylic acids is 1. The van der Waals surface area contributed by atoms with E-state index in [9.17, 15) is 13.2 Å². The molecule has 8 heteroatoms. The van der Waals surface area contributed by atoms with Crippen molar-refractivity contribution in [1.82, 2.24) is 0 Å². The van der Waals surface area contributed by atoms with Crippen molar-refractivity contribution >= 4 is 37.6 Å². The van der Waals surface area contributed by atoms with Crippen molar-refractivity contribution in [3.05, 3.63) is 52.0 Å². The number of benzene rings is 2. The van der Waals surface area contributed by atoms with Crippen LogP contribution in [0, 0.1) is 6.92 Å². The molecule has 0 aliphatic heterocycles. The topological polar surface area (TPSA) is 92.7 Å². The summed E-state index contributed by atoms with van der Waals surface area (Å²) in [5.41, 5.74) is 0.893. The van der Waals surface area contributed by atoms with Crippen molar-refractivity contribution in [3.8, 4) is 5.75 Å². The van der Waals surface area contributed by atoms with Gasteiger partial charge in [0.1, 0.15) is 10.6 Å². The standard InChI is InChI=1S/C15H14BrNO5S/c1-9-7-10(15(18)19)3-5-12(9)17-23(20,21)14-8-11(16)4-6-13(14)22-2/h3-8,17H,1-2H3,(H,18,19). The number of sulfonamides is 1. The Labute approximate surface area is 142 Å². The van der Waals surface area contributed by atoms with Crippen molar-refractivity contribution in [2.45, 2.75) is 11.8 Å². The molecule has 0 spiro atoms. The molecule has 0 radical (unpaired) electrons. The summed E-state index contributed by atoms with van der Waals surface area (Å²) in [6, 6.07) is 8.80. The van der Waals surface area contributed by atoms with Gasteiger partial charge in [-0.25, -0.2) is 13.2 Å². The second kappa shape index (κ2) is 6.59. The fourth-order valence-corrected chi connectivity index (χ4v) is 3.81. The zero-order chi connectivity index (χ0) is 17.2. The third kappa shape index (κ3) is 3.83. The molecule has 0 fully saturated rings. The first-order valence-electron chi connectivity index (χ1n) is 6.45. The molecule has 2 N–H and O–H groups in total. The molecule has 0 atom stereocenters. The van der Waals surface area contributed by atoms with Crippen molar-refractivity contribution in [3.63, 3.8) is 0 Å². The average Bonchev–Trinajstić information content (AvgIpc) is 2.49. The highest BCUT2D eigenvalue weighted by atomic mass is 79.9. The summed E-state index contributed by atoms with van der Waals surface area (Å²) >= 11 is 3.23. The molecular formula is C15H14BrNO5S. The maximum absolute atomic E-state index is 12.6. The van der Waals surface area contributed by atoms with Crippen LogP contribution in [-0.2, 0) is 10.0 Å². The van der Waals surface area contributed by atoms with E-state index in [0.29, 0.717) is 15.7 Å². The monoisotopic (exact) mass is 399 g/mol. The van der Waals surface area contributed by atoms with Crippen LogP contribution in [0.5, 0.6) is 5.75 Å². The molecule has 2 aromatic carbocycles. The van der Waals surface area contributed by atoms with Gasteiger partial charge in [-0.3, -0.25) is 4.72 Å². The van der Waals surface area contributed by atoms with Gasteiger partial charge in [-0.05, 0) is 48.9 Å². The predicted molar refractivity (Wildman–Crippen MR) is 89.6 cm³/mol. The van der Waals surface area contributed by atoms with Gasteiger partial charge in [-0.15, -0.1) is 0 Å². The van der Waals surface area contributed by atoms with Gasteiger partial charge in [0.2, 0.25) is 0 Å². The van der Waals surface area contributed by atoms with Gasteiger partial charge in [0.15, 0.2) is 0 Å². The Hall–Kier alpha value is -2.06. The first-order chi connectivity index (χ1) is 10.7. The van der Waals surface area contributed by atoms with Crippen LogP contribution < -0.4 is 9.46 Å². The number of rotatable bonds is 5. The first kappa shape index (κ1) is 17.3. The number of aromatic carboxylic acids is 1. The lowest BCUT2D eigenvalue weighted by atomic mass is 10.1. The number of hydrogen-bond acceptors (Lipinski definition) is 4. The van der Waals surface area contributed by atoms with Crippen LogP contribution in [0.15, 0.2) is 45.8 Å². The molecule has 122 valence electrons. The Balaban J connectivity index is 2.43. The molecule has 0 aromatic heterocycles. The van der Waals surface area contributed by atoms with E-state index in [1.165, 1.54) is 31.4 Å². The third-order valence-electron chi connectivity index (χ3n) is 3.13. The van der Waals surface area contributed by atoms with Gasteiger partial charge in [0, 0.05) is 4.47 Å². The number of aryl methyl sites for hydroxylation is 1. The number of ether oxygens (including phenoxy) is 1. The van der Waals surface area contributed by atoms with Crippen molar-refractivity contribution in [1.29, 1.82) is 0 Å². The minimum atomic E-state index is -3.89. The largest absolute Gasteiger partial charge is 0.495 e. The van der Waals surface area contributed by atoms with Crippen LogP contribution in [0.1, 0.15) is 15.9 Å². The summed E-state index contributed by atoms with van der Waals surface area (Å²) in [5, 5.41) is 8.95. The number of hydrogen-bond donors (Lipinski definition) is 2. The fraction of sp³-hybridized carbons (Fsp3) is 0.133. The van der Waals surface area contributed by atoms with Gasteiger partial charge in [0.05, 0.1) is 18.4 Å². The number of carbonyl (C=O) groups is 1. The average molecular weight is 400 g/mol. The first-order valence-corrected chi connectivity index (χ1v) is 8.72. The lowest BCUT2D eigenvalue weighted by molar-refractivity contribution is 0.0697. The summed E-state index contributed by atoms with van der Waals surface area (Å²) in [6.07, 6.45) is 0. The smallest absolute Gasteiger partial charge is 0.335 e. The quantitative estimate of drug-likeness (QED) is 0.804. The molecule has 0 bridgehead atoms. The Morgan fingerprint density at radius 2 is 1.91 bits per heavy atom. The SMILES string of the molecule is COc1ccc(Br)cc1S(=O)(=O)Nc1ccc(C(=O)O)cc1C. The lowest BCUT2D eigenvalue weighted by Gasteiger charge is -2.14. The number of anilines is 1. The molecule has 0 aliphatic carbocycles. The molecule has 2 rings (SSSR count). The molecule has 0 amide bonds. The Bertz CT molecular complexity index is 864. The predicted octanol–water partition coefficient (Wildman–Crippen LogP) is 3.27. The number of carboxylic acid groups (broad SMARTS) is 1. The minimum Gasteiger partial charge on any atom is -0.495 e. The van der Waals surface area contributed by atoms with Gasteiger partial charge in [-0.2, -0.15) is 0 Å². The molecule has 2 aromatic rings. The number of halogens is 1. The van der Waals surface area contributed by atoms with E-state index in [4.69, 9.17) is 9.84 Å². The van der Waals surface area contributed by atoms with E-state index in [1.54, 1.807) is 19.1 Å². The second-order valence-electron chi connectivity index (χ2n) is 4.74. The summed E-state index contributed by atoms with van der Waals surface area (Å²) in [4.78, 5) is 10.9. The van der Waals surface area contributed by atoms with Crippen LogP contribution >= 0.6 is 15.9 Å². The van der Waals surface area contributed by atoms with Crippen LogP contribution in [0.2, 0.25) is 0 Å². The molecule has 23 heavy (non-hydrogen) atoms. The van der Waals surface area contributed by atoms with Crippen LogP contribution in [0.3, 0.4) is 0 Å². The van der Waals surface area contributed by atoms with Gasteiger partial charge >= 0.3 is 5.97 Å². The van der Waals surface area contributed by atoms with Crippen LogP contribution in [0.4, 0.5) is 5.69 Å². The second-order valence-corrected chi connectivity index (χ2v) is 7.30. The summed E-state index contributed by atoms with van der Waals surface area (Å²) in [6.45, 7) is 1.63. The molecule has 0 saturated heterocycles. The molecule has 0 aliphatic rings. The molecule has 6 nitrogen and oxygen atoms in total. The molecule has 0 unspecified atom stereocenters. The third-order valence-corrected chi connectivity index (χ3v) is 5.01. The fourth-order valence-electron chi connectivity index (χ4n) is 1.97. The van der Waals surface area contributed by atoms with Gasteiger partial charge < -0.3 is 9.84 Å². The molecular weight excluding hydrogens is 386 g/mol. The van der Waals surface area contributed by atoms with Crippen molar-refractivity contribution < 1.29 is 23.1 Å². The van der Waals surface area contributed by atoms with Gasteiger partial charge in [0.25, 0.3) is 10.0 Å². The summed E-state index contributed by atoms with van der Waals surface area (Å²) in [5.74, 6) is -0.864. The Kier molecular flexibility index (Phi) is 4.96. The highest BCUT2D eigenvalue weighted by Crippen LogP contribution is 2.29. The number of nitrogens with one attached hydrogen (secondary N) is 1. The zero-order valence-electron chi connectivity index (χ0n) is 12.3. The van der Waals surface area contributed by atoms with Crippen molar-refractivity contribution in [2.24, 2.45) is 0 Å². The van der Waals surface area contributed by atoms with Crippen LogP contribution in [-0.4, -0.2) is 26.6 Å². The molecule has 0 saturated carbocycles. The minimum absolute atomic E-state index is 0.0175. The summed E-state index contributed by atoms with van der Waals surface area (Å²) < 4.78 is 33.3. The highest BCUT2D eigenvalue weighted by molar-refractivity contribution is 9.10. The number of methoxy groups -OCH3 is 1.